The lowest BCUT2D eigenvalue weighted by molar-refractivity contribution is 0.287. The van der Waals surface area contributed by atoms with Crippen molar-refractivity contribution in [2.75, 3.05) is 7.11 Å². The van der Waals surface area contributed by atoms with E-state index in [1.165, 1.54) is 0 Å². The Morgan fingerprint density at radius 3 is 1.73 bits per heavy atom. The van der Waals surface area contributed by atoms with Crippen LogP contribution in [0.4, 0.5) is 0 Å². The predicted molar refractivity (Wildman–Crippen MR) is 122 cm³/mol. The first-order chi connectivity index (χ1) is 14.3. The van der Waals surface area contributed by atoms with E-state index in [1.54, 1.807) is 25.3 Å². The van der Waals surface area contributed by atoms with Gasteiger partial charge in [-0.05, 0) is 27.5 Å². The van der Waals surface area contributed by atoms with Gasteiger partial charge in [0.15, 0.2) is 5.75 Å². The highest BCUT2D eigenvalue weighted by molar-refractivity contribution is 7.00. The van der Waals surface area contributed by atoms with Gasteiger partial charge in [-0.25, -0.2) is 0 Å². The quantitative estimate of drug-likeness (QED) is 0.573. The largest absolute Gasteiger partial charge is 0.707 e. The van der Waals surface area contributed by atoms with Gasteiger partial charge in [-0.15, -0.1) is 0 Å². The number of methoxy groups -OCH3 is 1. The molecule has 0 fully saturated rings. The first kappa shape index (κ1) is 22.0. The maximum absolute atomic E-state index is 9.10. The number of benzene rings is 3. The second-order valence-electron chi connectivity index (χ2n) is 8.02. The monoisotopic (exact) mass is 422 g/mol. The molecule has 5 nitrogen and oxygen atoms in total. The third-order valence-corrected chi connectivity index (χ3v) is 9.99. The zero-order chi connectivity index (χ0) is 21.8. The highest BCUT2D eigenvalue weighted by Crippen LogP contribution is 2.41. The van der Waals surface area contributed by atoms with Gasteiger partial charge in [0, 0.05) is 6.07 Å². The van der Waals surface area contributed by atoms with Crippen LogP contribution >= 0.6 is 0 Å². The smallest absolute Gasteiger partial charge is 0.531 e. The van der Waals surface area contributed by atoms with Crippen molar-refractivity contribution in [2.24, 2.45) is 0 Å². The molecule has 0 spiro atoms. The molecule has 3 aromatic rings. The lowest BCUT2D eigenvalue weighted by Gasteiger charge is -2.43. The molecule has 7 heteroatoms. The molecule has 3 rings (SSSR count). The highest BCUT2D eigenvalue weighted by Gasteiger charge is 2.52. The van der Waals surface area contributed by atoms with Crippen LogP contribution in [0, 0.1) is 0 Å². The van der Waals surface area contributed by atoms with Gasteiger partial charge in [0.1, 0.15) is 11.5 Å². The summed E-state index contributed by atoms with van der Waals surface area (Å²) >= 11 is 0. The van der Waals surface area contributed by atoms with Crippen LogP contribution in [0.2, 0.25) is 5.04 Å². The van der Waals surface area contributed by atoms with Crippen molar-refractivity contribution in [1.29, 1.82) is 0 Å². The maximum atomic E-state index is 9.10. The molecule has 0 amide bonds. The summed E-state index contributed by atoms with van der Waals surface area (Å²) in [5, 5.41) is 20.3. The molecule has 0 unspecified atom stereocenters. The molecule has 0 aliphatic carbocycles. The van der Waals surface area contributed by atoms with Crippen molar-refractivity contribution in [3.63, 3.8) is 0 Å². The number of rotatable bonds is 7. The van der Waals surface area contributed by atoms with Crippen LogP contribution in [0.1, 0.15) is 20.8 Å². The average Bonchev–Trinajstić information content (AvgIpc) is 2.72. The molecule has 0 aromatic heterocycles. The van der Waals surface area contributed by atoms with Crippen molar-refractivity contribution < 1.29 is 23.9 Å². The summed E-state index contributed by atoms with van der Waals surface area (Å²) < 4.78 is 17.5. The van der Waals surface area contributed by atoms with E-state index in [2.05, 4.69) is 45.0 Å². The van der Waals surface area contributed by atoms with Crippen molar-refractivity contribution in [2.45, 2.75) is 25.8 Å². The fraction of sp³-hybridized carbons (Fsp3) is 0.217. The van der Waals surface area contributed by atoms with Gasteiger partial charge in [0.25, 0.3) is 0 Å². The molecule has 0 aliphatic rings. The minimum absolute atomic E-state index is 0.197. The lowest BCUT2D eigenvalue weighted by Crippen LogP contribution is -2.68. The molecule has 30 heavy (non-hydrogen) atoms. The number of hydrogen-bond donors (Lipinski definition) is 2. The Kier molecular flexibility index (Phi) is 6.55. The molecule has 0 saturated heterocycles. The summed E-state index contributed by atoms with van der Waals surface area (Å²) in [5.41, 5.74) is 0. The van der Waals surface area contributed by atoms with Crippen molar-refractivity contribution >= 4 is 26.0 Å². The number of ether oxygens (including phenoxy) is 1. The normalized spacial score (nSPS) is 11.7. The van der Waals surface area contributed by atoms with E-state index in [0.29, 0.717) is 11.5 Å². The van der Waals surface area contributed by atoms with Gasteiger partial charge < -0.3 is 23.9 Å². The van der Waals surface area contributed by atoms with Crippen LogP contribution in [0.3, 0.4) is 0 Å². The van der Waals surface area contributed by atoms with Crippen LogP contribution in [0.25, 0.3) is 0 Å². The Morgan fingerprint density at radius 1 is 0.767 bits per heavy atom. The van der Waals surface area contributed by atoms with Crippen molar-refractivity contribution in [3.8, 4) is 17.2 Å². The van der Waals surface area contributed by atoms with Gasteiger partial charge >= 0.3 is 15.6 Å². The van der Waals surface area contributed by atoms with E-state index < -0.39 is 15.6 Å². The molecule has 0 aliphatic heterocycles. The summed E-state index contributed by atoms with van der Waals surface area (Å²) in [5.74, 6) is 1.31. The summed E-state index contributed by atoms with van der Waals surface area (Å²) in [7, 11) is -3.16. The Hall–Kier alpha value is -2.74. The maximum Gasteiger partial charge on any atom is 0.707 e. The first-order valence-electron chi connectivity index (χ1n) is 9.79. The summed E-state index contributed by atoms with van der Waals surface area (Å²) in [4.78, 5) is 0. The van der Waals surface area contributed by atoms with Crippen LogP contribution in [0.5, 0.6) is 17.2 Å². The highest BCUT2D eigenvalue weighted by atomic mass is 28.4. The zero-order valence-corrected chi connectivity index (χ0v) is 18.7. The minimum atomic E-state index is -2.81. The molecular formula is C23H27BO5Si. The van der Waals surface area contributed by atoms with Crippen molar-refractivity contribution in [3.05, 3.63) is 78.9 Å². The van der Waals surface area contributed by atoms with E-state index in [-0.39, 0.29) is 10.8 Å². The fourth-order valence-electron chi connectivity index (χ4n) is 3.74. The van der Waals surface area contributed by atoms with Gasteiger partial charge in [-0.1, -0.05) is 81.4 Å². The van der Waals surface area contributed by atoms with E-state index in [1.807, 2.05) is 36.4 Å². The van der Waals surface area contributed by atoms with Gasteiger partial charge in [0.2, 0.25) is 0 Å². The minimum Gasteiger partial charge on any atom is -0.531 e. The summed E-state index contributed by atoms with van der Waals surface area (Å²) in [6.45, 7) is 6.60. The zero-order valence-electron chi connectivity index (χ0n) is 17.7. The standard InChI is InChI=1S/C23H27BO5Si/c1-23(2,3)30(19-11-7-5-8-12-19,20-13-9-6-10-14-20)29-21-16-15-18(28-24(25)26)17-22(21)27-4/h5-17,25-26H,1-4H3. The van der Waals surface area contributed by atoms with E-state index in [4.69, 9.17) is 23.9 Å². The molecule has 0 radical (unpaired) electrons. The molecule has 0 bridgehead atoms. The topological polar surface area (TPSA) is 68.2 Å². The average molecular weight is 422 g/mol. The van der Waals surface area contributed by atoms with E-state index >= 15 is 0 Å². The van der Waals surface area contributed by atoms with Crippen LogP contribution < -0.4 is 24.2 Å². The second kappa shape index (κ2) is 8.95. The van der Waals surface area contributed by atoms with E-state index in [9.17, 15) is 0 Å². The third-order valence-electron chi connectivity index (χ3n) is 5.06. The van der Waals surface area contributed by atoms with Gasteiger partial charge in [-0.2, -0.15) is 0 Å². The van der Waals surface area contributed by atoms with Gasteiger partial charge in [0.05, 0.1) is 7.11 Å². The van der Waals surface area contributed by atoms with Crippen LogP contribution in [-0.2, 0) is 0 Å². The lowest BCUT2D eigenvalue weighted by atomic mass is 10.2. The second-order valence-corrected chi connectivity index (χ2v) is 12.2. The molecule has 0 atom stereocenters. The molecule has 156 valence electrons. The fourth-order valence-corrected chi connectivity index (χ4v) is 8.17. The Morgan fingerprint density at radius 2 is 1.30 bits per heavy atom. The molecule has 3 aromatic carbocycles. The van der Waals surface area contributed by atoms with Crippen molar-refractivity contribution in [1.82, 2.24) is 0 Å². The van der Waals surface area contributed by atoms with E-state index in [0.717, 1.165) is 10.4 Å². The summed E-state index contributed by atoms with van der Waals surface area (Å²) in [6.07, 6.45) is 0. The molecule has 2 N–H and O–H groups in total. The summed E-state index contributed by atoms with van der Waals surface area (Å²) in [6, 6.07) is 25.6. The molecule has 0 saturated carbocycles. The van der Waals surface area contributed by atoms with Crippen LogP contribution in [0.15, 0.2) is 78.9 Å². The number of hydrogen-bond acceptors (Lipinski definition) is 5. The molecular weight excluding hydrogens is 395 g/mol. The SMILES string of the molecule is COc1cc(OB(O)O)ccc1O[Si](c1ccccc1)(c1ccccc1)C(C)(C)C. The van der Waals surface area contributed by atoms with Crippen LogP contribution in [-0.4, -0.2) is 32.8 Å². The first-order valence-corrected chi connectivity index (χ1v) is 11.7. The molecule has 0 heterocycles. The Labute approximate surface area is 179 Å². The third kappa shape index (κ3) is 4.38. The predicted octanol–water partition coefficient (Wildman–Crippen LogP) is 2.98. The Balaban J connectivity index is 2.19. The van der Waals surface area contributed by atoms with Gasteiger partial charge in [-0.3, -0.25) is 0 Å². The Bertz CT molecular complexity index is 919.